The summed E-state index contributed by atoms with van der Waals surface area (Å²) in [6.45, 7) is 0. The highest BCUT2D eigenvalue weighted by Crippen LogP contribution is 2.01. The summed E-state index contributed by atoms with van der Waals surface area (Å²) in [5.74, 6) is 0.296. The molecule has 0 rings (SSSR count). The normalized spacial score (nSPS) is 9.88. The van der Waals surface area contributed by atoms with E-state index in [0.29, 0.717) is 23.8 Å². The lowest BCUT2D eigenvalue weighted by Crippen LogP contribution is -1.91. The third kappa shape index (κ3) is 5.88. The van der Waals surface area contributed by atoms with E-state index in [9.17, 15) is 13.0 Å². The van der Waals surface area contributed by atoms with Crippen LogP contribution in [0.4, 0.5) is 8.78 Å². The Morgan fingerprint density at radius 3 is 2.50 bits per heavy atom. The van der Waals surface area contributed by atoms with E-state index >= 15 is 0 Å². The summed E-state index contributed by atoms with van der Waals surface area (Å²) in [4.78, 5) is 0. The van der Waals surface area contributed by atoms with Crippen molar-refractivity contribution in [3.05, 3.63) is 0 Å². The van der Waals surface area contributed by atoms with Gasteiger partial charge in [0.1, 0.15) is 0 Å². The summed E-state index contributed by atoms with van der Waals surface area (Å²) in [7, 11) is 0. The summed E-state index contributed by atoms with van der Waals surface area (Å²) in [6, 6.07) is 0. The highest BCUT2D eigenvalue weighted by Gasteiger charge is 2.04. The van der Waals surface area contributed by atoms with E-state index in [-0.39, 0.29) is 6.42 Å². The zero-order valence-electron chi connectivity index (χ0n) is 4.27. The van der Waals surface area contributed by atoms with E-state index in [4.69, 9.17) is 0 Å². The lowest BCUT2D eigenvalue weighted by atomic mass is 10.4. The van der Waals surface area contributed by atoms with E-state index in [0.717, 1.165) is 0 Å². The molecule has 0 aromatic heterocycles. The first-order chi connectivity index (χ1) is 3.77. The molecule has 0 heterocycles. The number of hydrogen-bond donors (Lipinski definition) is 0. The zero-order chi connectivity index (χ0) is 6.41. The highest BCUT2D eigenvalue weighted by atomic mass is 32.1. The minimum Gasteiger partial charge on any atom is -0.211 e. The molecule has 8 heavy (non-hydrogen) atoms. The Bertz CT molecular complexity index is 67.1. The molecule has 0 aliphatic heterocycles. The molecule has 0 N–H and O–H groups in total. The average molecular weight is 141 g/mol. The molecule has 0 aliphatic rings. The lowest BCUT2D eigenvalue weighted by Gasteiger charge is -1.87. The second-order valence-corrected chi connectivity index (χ2v) is 2.00. The second-order valence-electron chi connectivity index (χ2n) is 1.36. The zero-order valence-corrected chi connectivity index (χ0v) is 5.09. The Morgan fingerprint density at radius 2 is 2.12 bits per heavy atom. The summed E-state index contributed by atoms with van der Waals surface area (Å²) >= 11 is 0.360. The van der Waals surface area contributed by atoms with Crippen LogP contribution < -0.4 is 0 Å². The maximum Gasteiger partial charge on any atom is 0.458 e. The largest absolute Gasteiger partial charge is 0.458 e. The molecule has 0 saturated carbocycles. The van der Waals surface area contributed by atoms with Gasteiger partial charge in [0.15, 0.2) is 0 Å². The maximum atomic E-state index is 11.2. The Kier molecular flexibility index (Phi) is 4.95. The maximum absolute atomic E-state index is 11.2. The molecule has 4 heteroatoms. The van der Waals surface area contributed by atoms with Crippen LogP contribution in [0.3, 0.4) is 0 Å². The van der Waals surface area contributed by atoms with Crippen LogP contribution in [0.1, 0.15) is 12.8 Å². The summed E-state index contributed by atoms with van der Waals surface area (Å²) in [5, 5.41) is 0. The Morgan fingerprint density at radius 1 is 1.50 bits per heavy atom. The molecule has 0 atom stereocenters. The van der Waals surface area contributed by atoms with E-state index in [1.165, 1.54) is 0 Å². The van der Waals surface area contributed by atoms with E-state index in [2.05, 4.69) is 0 Å². The van der Waals surface area contributed by atoms with Gasteiger partial charge in [-0.3, -0.25) is 0 Å². The van der Waals surface area contributed by atoms with Crippen LogP contribution >= 0.6 is 0 Å². The molecule has 0 bridgehead atoms. The van der Waals surface area contributed by atoms with Crippen LogP contribution in [-0.2, 0) is 15.9 Å². The molecule has 0 saturated heterocycles. The molecule has 0 unspecified atom stereocenters. The van der Waals surface area contributed by atoms with Gasteiger partial charge in [-0.1, -0.05) is 0 Å². The van der Waals surface area contributed by atoms with Crippen molar-refractivity contribution in [1.82, 2.24) is 0 Å². The van der Waals surface area contributed by atoms with Crippen LogP contribution in [0.5, 0.6) is 0 Å². The first kappa shape index (κ1) is 7.88. The standard InChI is InChI=1S/C4H7F2OS/c5-4(6)2-1-3-8-7/h4H,1-3H2/q+1. The van der Waals surface area contributed by atoms with E-state index < -0.39 is 6.43 Å². The van der Waals surface area contributed by atoms with Crippen molar-refractivity contribution in [3.63, 3.8) is 0 Å². The van der Waals surface area contributed by atoms with Crippen molar-refractivity contribution >= 4 is 11.7 Å². The summed E-state index contributed by atoms with van der Waals surface area (Å²) < 4.78 is 32.1. The van der Waals surface area contributed by atoms with Gasteiger partial charge < -0.3 is 0 Å². The van der Waals surface area contributed by atoms with Crippen LogP contribution in [0.25, 0.3) is 0 Å². The van der Waals surface area contributed by atoms with Gasteiger partial charge in [-0.2, -0.15) is 0 Å². The van der Waals surface area contributed by atoms with E-state index in [1.54, 1.807) is 0 Å². The Labute approximate surface area is 50.6 Å². The smallest absolute Gasteiger partial charge is 0.211 e. The highest BCUT2D eigenvalue weighted by molar-refractivity contribution is 7.65. The predicted octanol–water partition coefficient (Wildman–Crippen LogP) is 1.46. The molecule has 48 valence electrons. The molecule has 0 aliphatic carbocycles. The quantitative estimate of drug-likeness (QED) is 0.428. The topological polar surface area (TPSA) is 17.1 Å². The molecule has 0 spiro atoms. The van der Waals surface area contributed by atoms with Gasteiger partial charge in [-0.25, -0.2) is 8.78 Å². The second kappa shape index (κ2) is 5.03. The van der Waals surface area contributed by atoms with Gasteiger partial charge >= 0.3 is 11.7 Å². The van der Waals surface area contributed by atoms with Crippen molar-refractivity contribution in [2.24, 2.45) is 0 Å². The molecular weight excluding hydrogens is 134 g/mol. The lowest BCUT2D eigenvalue weighted by molar-refractivity contribution is 0.137. The van der Waals surface area contributed by atoms with Gasteiger partial charge in [-0.15, -0.1) is 0 Å². The number of halogens is 2. The first-order valence-electron chi connectivity index (χ1n) is 2.30. The number of rotatable bonds is 4. The summed E-state index contributed by atoms with van der Waals surface area (Å²) in [5.41, 5.74) is 0. The van der Waals surface area contributed by atoms with Crippen LogP contribution in [0, 0.1) is 0 Å². The predicted molar refractivity (Wildman–Crippen MR) is 28.2 cm³/mol. The molecule has 0 amide bonds. The SMILES string of the molecule is O=[S+]CCCC(F)F. The average Bonchev–Trinajstić information content (AvgIpc) is 1.66. The van der Waals surface area contributed by atoms with Crippen molar-refractivity contribution in [2.75, 3.05) is 5.75 Å². The van der Waals surface area contributed by atoms with E-state index in [1.807, 2.05) is 0 Å². The van der Waals surface area contributed by atoms with Crippen molar-refractivity contribution in [2.45, 2.75) is 19.3 Å². The minimum atomic E-state index is -2.25. The van der Waals surface area contributed by atoms with Gasteiger partial charge in [0.25, 0.3) is 0 Å². The van der Waals surface area contributed by atoms with Crippen LogP contribution in [0.2, 0.25) is 0 Å². The molecule has 1 nitrogen and oxygen atoms in total. The molecule has 0 aromatic rings. The van der Waals surface area contributed by atoms with Crippen molar-refractivity contribution < 1.29 is 13.0 Å². The van der Waals surface area contributed by atoms with Gasteiger partial charge in [0.05, 0.1) is 0 Å². The third-order valence-electron chi connectivity index (χ3n) is 0.650. The summed E-state index contributed by atoms with van der Waals surface area (Å²) in [6.07, 6.45) is -2.07. The third-order valence-corrected chi connectivity index (χ3v) is 1.11. The fourth-order valence-corrected chi connectivity index (χ4v) is 0.581. The molecule has 0 aromatic carbocycles. The molecule has 0 fully saturated rings. The van der Waals surface area contributed by atoms with Crippen molar-refractivity contribution in [1.29, 1.82) is 0 Å². The fraction of sp³-hybridized carbons (Fsp3) is 1.00. The van der Waals surface area contributed by atoms with Gasteiger partial charge in [0.2, 0.25) is 12.2 Å². The molecular formula is C4H7F2OS+. The number of hydrogen-bond acceptors (Lipinski definition) is 1. The Hall–Kier alpha value is -0.120. The monoisotopic (exact) mass is 141 g/mol. The first-order valence-corrected chi connectivity index (χ1v) is 3.21. The Balaban J connectivity index is 2.81. The van der Waals surface area contributed by atoms with Crippen LogP contribution in [-0.4, -0.2) is 12.2 Å². The fourth-order valence-electron chi connectivity index (χ4n) is 0.297. The van der Waals surface area contributed by atoms with Gasteiger partial charge in [0, 0.05) is 17.1 Å². The molecule has 0 radical (unpaired) electrons. The number of alkyl halides is 2. The van der Waals surface area contributed by atoms with Gasteiger partial charge in [-0.05, 0) is 0 Å². The minimum absolute atomic E-state index is 0.144. The van der Waals surface area contributed by atoms with Crippen molar-refractivity contribution in [3.8, 4) is 0 Å². The van der Waals surface area contributed by atoms with Crippen LogP contribution in [0.15, 0.2) is 0 Å².